The summed E-state index contributed by atoms with van der Waals surface area (Å²) in [5, 5.41) is 2.93. The van der Waals surface area contributed by atoms with E-state index in [1.807, 2.05) is 13.8 Å². The summed E-state index contributed by atoms with van der Waals surface area (Å²) in [6.45, 7) is 5.47. The van der Waals surface area contributed by atoms with Crippen LogP contribution in [-0.2, 0) is 9.53 Å². The van der Waals surface area contributed by atoms with Crippen LogP contribution in [0.2, 0.25) is 0 Å². The molecule has 1 heterocycles. The summed E-state index contributed by atoms with van der Waals surface area (Å²) in [6, 6.07) is 0. The molecule has 0 aromatic rings. The zero-order chi connectivity index (χ0) is 12.7. The zero-order valence-corrected chi connectivity index (χ0v) is 11.1. The molecule has 0 aromatic heterocycles. The first-order valence-electron chi connectivity index (χ1n) is 6.64. The van der Waals surface area contributed by atoms with Gasteiger partial charge in [0.2, 0.25) is 5.91 Å². The monoisotopic (exact) mass is 242 g/mol. The van der Waals surface area contributed by atoms with Gasteiger partial charge in [0.1, 0.15) is 0 Å². The summed E-state index contributed by atoms with van der Waals surface area (Å²) in [5.74, 6) is 0.0966. The van der Waals surface area contributed by atoms with Crippen molar-refractivity contribution in [2.45, 2.75) is 64.0 Å². The lowest BCUT2D eigenvalue weighted by Gasteiger charge is -2.22. The van der Waals surface area contributed by atoms with Crippen LogP contribution < -0.4 is 11.1 Å². The fraction of sp³-hybridized carbons (Fsp3) is 0.923. The van der Waals surface area contributed by atoms with Crippen molar-refractivity contribution in [1.29, 1.82) is 0 Å². The fourth-order valence-electron chi connectivity index (χ4n) is 1.93. The molecule has 1 saturated heterocycles. The molecular formula is C13H26N2O2. The average molecular weight is 242 g/mol. The molecule has 0 aromatic carbocycles. The third kappa shape index (κ3) is 7.34. The van der Waals surface area contributed by atoms with E-state index in [0.717, 1.165) is 25.9 Å². The van der Waals surface area contributed by atoms with Crippen molar-refractivity contribution in [2.75, 3.05) is 13.2 Å². The molecule has 1 aliphatic rings. The number of ether oxygens (including phenoxy) is 1. The molecule has 4 nitrogen and oxygen atoms in total. The van der Waals surface area contributed by atoms with Crippen LogP contribution in [-0.4, -0.2) is 30.7 Å². The summed E-state index contributed by atoms with van der Waals surface area (Å²) < 4.78 is 5.60. The normalized spacial score (nSPS) is 21.2. The Balaban J connectivity index is 2.03. The number of hydrogen-bond donors (Lipinski definition) is 2. The van der Waals surface area contributed by atoms with Crippen molar-refractivity contribution >= 4 is 5.91 Å². The van der Waals surface area contributed by atoms with Crippen LogP contribution in [0.3, 0.4) is 0 Å². The molecule has 1 fully saturated rings. The van der Waals surface area contributed by atoms with Gasteiger partial charge in [0, 0.05) is 25.1 Å². The van der Waals surface area contributed by atoms with E-state index in [0.29, 0.717) is 19.1 Å². The highest BCUT2D eigenvalue weighted by molar-refractivity contribution is 5.75. The van der Waals surface area contributed by atoms with E-state index in [1.165, 1.54) is 12.8 Å². The van der Waals surface area contributed by atoms with Gasteiger partial charge in [0.25, 0.3) is 0 Å². The predicted octanol–water partition coefficient (Wildman–Crippen LogP) is 1.58. The Morgan fingerprint density at radius 2 is 2.24 bits per heavy atom. The van der Waals surface area contributed by atoms with Gasteiger partial charge in [-0.3, -0.25) is 4.79 Å². The van der Waals surface area contributed by atoms with Crippen LogP contribution in [0.5, 0.6) is 0 Å². The van der Waals surface area contributed by atoms with E-state index in [1.54, 1.807) is 0 Å². The molecule has 1 unspecified atom stereocenters. The highest BCUT2D eigenvalue weighted by Crippen LogP contribution is 2.14. The van der Waals surface area contributed by atoms with Gasteiger partial charge in [-0.1, -0.05) is 0 Å². The minimum absolute atomic E-state index is 0.0966. The zero-order valence-electron chi connectivity index (χ0n) is 11.1. The van der Waals surface area contributed by atoms with Gasteiger partial charge in [-0.2, -0.15) is 0 Å². The molecule has 4 heteroatoms. The summed E-state index contributed by atoms with van der Waals surface area (Å²) in [7, 11) is 0. The Kier molecular flexibility index (Phi) is 5.92. The van der Waals surface area contributed by atoms with Gasteiger partial charge in [-0.15, -0.1) is 0 Å². The number of carbonyl (C=O) groups excluding carboxylic acids is 1. The van der Waals surface area contributed by atoms with Crippen LogP contribution in [0.15, 0.2) is 0 Å². The minimum Gasteiger partial charge on any atom is -0.378 e. The lowest BCUT2D eigenvalue weighted by molar-refractivity contribution is -0.121. The highest BCUT2D eigenvalue weighted by Gasteiger charge is 2.15. The molecule has 1 rings (SSSR count). The minimum atomic E-state index is -0.260. The molecule has 3 N–H and O–H groups in total. The first kappa shape index (κ1) is 14.5. The Labute approximate surface area is 104 Å². The van der Waals surface area contributed by atoms with E-state index >= 15 is 0 Å². The van der Waals surface area contributed by atoms with E-state index in [-0.39, 0.29) is 11.4 Å². The number of nitrogens with one attached hydrogen (secondary N) is 1. The molecule has 17 heavy (non-hydrogen) atoms. The first-order chi connectivity index (χ1) is 7.97. The number of nitrogens with two attached hydrogens (primary N) is 1. The second kappa shape index (κ2) is 6.97. The van der Waals surface area contributed by atoms with Gasteiger partial charge in [-0.25, -0.2) is 0 Å². The maximum absolute atomic E-state index is 11.5. The lowest BCUT2D eigenvalue weighted by atomic mass is 10.00. The molecule has 0 aliphatic carbocycles. The lowest BCUT2D eigenvalue weighted by Crippen LogP contribution is -2.35. The van der Waals surface area contributed by atoms with Crippen LogP contribution in [0, 0.1) is 0 Å². The third-order valence-electron chi connectivity index (χ3n) is 3.06. The molecule has 1 atom stereocenters. The number of hydrogen-bond acceptors (Lipinski definition) is 3. The molecular weight excluding hydrogens is 216 g/mol. The SMILES string of the molecule is CC(C)(N)CCC(=O)NCCC1CCCCO1. The maximum atomic E-state index is 11.5. The summed E-state index contributed by atoms with van der Waals surface area (Å²) >= 11 is 0. The van der Waals surface area contributed by atoms with Crippen molar-refractivity contribution in [3.63, 3.8) is 0 Å². The molecule has 0 saturated carbocycles. The Hall–Kier alpha value is -0.610. The molecule has 0 radical (unpaired) electrons. The fourth-order valence-corrected chi connectivity index (χ4v) is 1.93. The second-order valence-corrected chi connectivity index (χ2v) is 5.62. The maximum Gasteiger partial charge on any atom is 0.220 e. The van der Waals surface area contributed by atoms with E-state index in [2.05, 4.69) is 5.32 Å². The van der Waals surface area contributed by atoms with E-state index in [4.69, 9.17) is 10.5 Å². The van der Waals surface area contributed by atoms with Gasteiger partial charge < -0.3 is 15.8 Å². The standard InChI is InChI=1S/C13H26N2O2/c1-13(2,14)8-6-12(16)15-9-7-11-5-3-4-10-17-11/h11H,3-10,14H2,1-2H3,(H,15,16). The van der Waals surface area contributed by atoms with Crippen molar-refractivity contribution < 1.29 is 9.53 Å². The van der Waals surface area contributed by atoms with Crippen LogP contribution in [0.25, 0.3) is 0 Å². The average Bonchev–Trinajstić information content (AvgIpc) is 2.27. The largest absolute Gasteiger partial charge is 0.378 e. The van der Waals surface area contributed by atoms with Crippen LogP contribution in [0.4, 0.5) is 0 Å². The van der Waals surface area contributed by atoms with Crippen molar-refractivity contribution in [3.05, 3.63) is 0 Å². The van der Waals surface area contributed by atoms with Gasteiger partial charge >= 0.3 is 0 Å². The summed E-state index contributed by atoms with van der Waals surface area (Å²) in [4.78, 5) is 11.5. The summed E-state index contributed by atoms with van der Waals surface area (Å²) in [5.41, 5.74) is 5.57. The van der Waals surface area contributed by atoms with Crippen molar-refractivity contribution in [2.24, 2.45) is 5.73 Å². The molecule has 1 aliphatic heterocycles. The third-order valence-corrected chi connectivity index (χ3v) is 3.06. The van der Waals surface area contributed by atoms with Gasteiger partial charge in [0.15, 0.2) is 0 Å². The highest BCUT2D eigenvalue weighted by atomic mass is 16.5. The summed E-state index contributed by atoms with van der Waals surface area (Å²) in [6.07, 6.45) is 6.06. The van der Waals surface area contributed by atoms with E-state index < -0.39 is 0 Å². The van der Waals surface area contributed by atoms with Crippen molar-refractivity contribution in [1.82, 2.24) is 5.32 Å². The number of rotatable bonds is 6. The first-order valence-corrected chi connectivity index (χ1v) is 6.64. The molecule has 100 valence electrons. The topological polar surface area (TPSA) is 64.4 Å². The Morgan fingerprint density at radius 1 is 1.47 bits per heavy atom. The van der Waals surface area contributed by atoms with Crippen LogP contribution >= 0.6 is 0 Å². The molecule has 1 amide bonds. The van der Waals surface area contributed by atoms with Gasteiger partial charge in [0.05, 0.1) is 6.10 Å². The Bertz CT molecular complexity index is 230. The molecule has 0 spiro atoms. The van der Waals surface area contributed by atoms with E-state index in [9.17, 15) is 4.79 Å². The predicted molar refractivity (Wildman–Crippen MR) is 68.7 cm³/mol. The Morgan fingerprint density at radius 3 is 2.82 bits per heavy atom. The molecule has 0 bridgehead atoms. The quantitative estimate of drug-likeness (QED) is 0.743. The van der Waals surface area contributed by atoms with Crippen molar-refractivity contribution in [3.8, 4) is 0 Å². The van der Waals surface area contributed by atoms with Crippen LogP contribution in [0.1, 0.15) is 52.4 Å². The smallest absolute Gasteiger partial charge is 0.220 e. The van der Waals surface area contributed by atoms with Gasteiger partial charge in [-0.05, 0) is 46.0 Å². The second-order valence-electron chi connectivity index (χ2n) is 5.62. The number of amides is 1. The number of carbonyl (C=O) groups is 1.